The first-order valence-electron chi connectivity index (χ1n) is 35.1. The molecule has 0 aromatic carbocycles. The lowest BCUT2D eigenvalue weighted by Gasteiger charge is -2.25. The van der Waals surface area contributed by atoms with Crippen molar-refractivity contribution in [3.8, 4) is 0 Å². The van der Waals surface area contributed by atoms with Gasteiger partial charge >= 0.3 is 7.82 Å². The number of quaternary nitrogens is 1. The van der Waals surface area contributed by atoms with Crippen LogP contribution in [0.3, 0.4) is 0 Å². The number of allylic oxidation sites excluding steroid dienone is 21. The summed E-state index contributed by atoms with van der Waals surface area (Å²) in [7, 11) is 1.55. The number of aliphatic hydroxyl groups is 1. The highest BCUT2D eigenvalue weighted by atomic mass is 31.2. The SMILES string of the molecule is CC/C=C\C/C=C\C/C=C\C/C=C\C/C=C\C/C=C\C/C=C\C/C=C\C/C=C\CCCCCCCCCCCCCCCC(=O)NC(COP(=O)(O)OCC[N+](C)(C)C)C(O)/C=C/CC/C=C/CCCCCCCCCCCCCCCCCC. The van der Waals surface area contributed by atoms with Crippen molar-refractivity contribution >= 4 is 13.7 Å². The Hall–Kier alpha value is -3.36. The number of nitrogens with one attached hydrogen (secondary N) is 1. The van der Waals surface area contributed by atoms with Gasteiger partial charge in [-0.05, 0) is 103 Å². The van der Waals surface area contributed by atoms with E-state index in [2.05, 4.69) is 141 Å². The van der Waals surface area contributed by atoms with E-state index in [0.29, 0.717) is 17.4 Å². The smallest absolute Gasteiger partial charge is 0.387 e. The molecule has 0 radical (unpaired) electrons. The van der Waals surface area contributed by atoms with Crippen LogP contribution >= 0.6 is 7.82 Å². The van der Waals surface area contributed by atoms with Crippen LogP contribution in [0.15, 0.2) is 134 Å². The summed E-state index contributed by atoms with van der Waals surface area (Å²) in [5.74, 6) is -0.190. The summed E-state index contributed by atoms with van der Waals surface area (Å²) in [6.07, 6.45) is 98.8. The fourth-order valence-corrected chi connectivity index (χ4v) is 10.4. The minimum absolute atomic E-state index is 0.0513. The number of phosphoric ester groups is 1. The lowest BCUT2D eigenvalue weighted by Crippen LogP contribution is -2.45. The van der Waals surface area contributed by atoms with Crippen molar-refractivity contribution in [3.63, 3.8) is 0 Å². The van der Waals surface area contributed by atoms with Crippen molar-refractivity contribution in [1.29, 1.82) is 0 Å². The maximum atomic E-state index is 13.0. The van der Waals surface area contributed by atoms with E-state index in [1.165, 1.54) is 173 Å². The van der Waals surface area contributed by atoms with E-state index in [9.17, 15) is 19.4 Å². The number of carbonyl (C=O) groups is 1. The molecule has 1 amide bonds. The minimum Gasteiger partial charge on any atom is -0.387 e. The first kappa shape index (κ1) is 81.6. The third-order valence-electron chi connectivity index (χ3n) is 15.1. The number of rotatable bonds is 63. The van der Waals surface area contributed by atoms with Crippen molar-refractivity contribution in [2.45, 2.75) is 302 Å². The minimum atomic E-state index is -4.37. The largest absolute Gasteiger partial charge is 0.472 e. The number of aliphatic hydroxyl groups excluding tert-OH is 1. The molecule has 9 heteroatoms. The van der Waals surface area contributed by atoms with E-state index in [0.717, 1.165) is 96.3 Å². The van der Waals surface area contributed by atoms with Gasteiger partial charge in [-0.3, -0.25) is 13.8 Å². The van der Waals surface area contributed by atoms with Gasteiger partial charge in [0, 0.05) is 6.42 Å². The molecule has 85 heavy (non-hydrogen) atoms. The fraction of sp³-hybridized carbons (Fsp3) is 0.697. The lowest BCUT2D eigenvalue weighted by atomic mass is 10.0. The fourth-order valence-electron chi connectivity index (χ4n) is 9.70. The number of carbonyl (C=O) groups excluding carboxylic acids is 1. The Labute approximate surface area is 526 Å². The second kappa shape index (κ2) is 65.1. The van der Waals surface area contributed by atoms with Crippen LogP contribution in [-0.4, -0.2) is 73.4 Å². The van der Waals surface area contributed by atoms with Crippen LogP contribution in [0.5, 0.6) is 0 Å². The molecule has 0 spiro atoms. The molecule has 8 nitrogen and oxygen atoms in total. The van der Waals surface area contributed by atoms with Gasteiger partial charge in [-0.15, -0.1) is 0 Å². The van der Waals surface area contributed by atoms with Crippen LogP contribution in [-0.2, 0) is 18.4 Å². The molecule has 0 saturated carbocycles. The predicted octanol–water partition coefficient (Wildman–Crippen LogP) is 22.6. The van der Waals surface area contributed by atoms with Gasteiger partial charge in [-0.1, -0.05) is 314 Å². The zero-order valence-corrected chi connectivity index (χ0v) is 56.7. The lowest BCUT2D eigenvalue weighted by molar-refractivity contribution is -0.870. The Bertz CT molecular complexity index is 1850. The van der Waals surface area contributed by atoms with Gasteiger partial charge in [0.2, 0.25) is 5.91 Å². The zero-order chi connectivity index (χ0) is 61.9. The maximum absolute atomic E-state index is 13.0. The molecule has 488 valence electrons. The van der Waals surface area contributed by atoms with Crippen LogP contribution in [0.2, 0.25) is 0 Å². The summed E-state index contributed by atoms with van der Waals surface area (Å²) in [6.45, 7) is 4.69. The van der Waals surface area contributed by atoms with Crippen LogP contribution in [0.1, 0.15) is 290 Å². The number of hydrogen-bond donors (Lipinski definition) is 3. The third-order valence-corrected chi connectivity index (χ3v) is 16.1. The molecule has 3 unspecified atom stereocenters. The standard InChI is InChI=1S/C76H133N2O6P/c1-6-8-10-12-14-16-18-20-22-24-26-28-30-31-32-33-34-35-36-37-38-39-40-41-42-43-44-45-46-47-48-50-52-54-56-58-60-62-64-66-68-70-76(80)77-74(73-84-85(81,82)83-72-71-78(3,4)5)75(79)69-67-65-63-61-59-57-55-53-51-49-29-27-25-23-21-19-17-15-13-11-9-7-2/h8,10,14,16,20,22,26,28,31-32,34-35,37-38,40-41,43-44,59,61,67,69,74-75,79H,6-7,9,11-13,15,17-19,21,23-25,27,29-30,33,36,39,42,45-58,60,62-66,68,70-73H2,1-5H3,(H-,77,80,81,82)/p+1/b10-8-,16-14-,22-20-,28-26-,32-31-,35-34-,38-37-,41-40-,44-43-,61-59+,69-67+. The highest BCUT2D eigenvalue weighted by Gasteiger charge is 2.28. The summed E-state index contributed by atoms with van der Waals surface area (Å²) in [6, 6.07) is -0.873. The molecule has 0 aliphatic heterocycles. The van der Waals surface area contributed by atoms with E-state index < -0.39 is 20.0 Å². The number of amides is 1. The summed E-state index contributed by atoms with van der Waals surface area (Å²) in [5.41, 5.74) is 0. The highest BCUT2D eigenvalue weighted by Crippen LogP contribution is 2.43. The topological polar surface area (TPSA) is 105 Å². The summed E-state index contributed by atoms with van der Waals surface area (Å²) in [5, 5.41) is 14.0. The molecular formula is C76H134N2O6P+. The number of unbranched alkanes of at least 4 members (excludes halogenated alkanes) is 30. The van der Waals surface area contributed by atoms with E-state index >= 15 is 0 Å². The predicted molar refractivity (Wildman–Crippen MR) is 373 cm³/mol. The Balaban J connectivity index is 4.10. The van der Waals surface area contributed by atoms with Crippen LogP contribution < -0.4 is 5.32 Å². The van der Waals surface area contributed by atoms with E-state index in [1.807, 2.05) is 27.2 Å². The molecule has 0 aromatic rings. The monoisotopic (exact) mass is 1200 g/mol. The van der Waals surface area contributed by atoms with Crippen LogP contribution in [0.25, 0.3) is 0 Å². The zero-order valence-electron chi connectivity index (χ0n) is 55.8. The molecule has 0 aliphatic carbocycles. The first-order valence-corrected chi connectivity index (χ1v) is 36.6. The molecule has 0 aliphatic rings. The van der Waals surface area contributed by atoms with Gasteiger partial charge in [0.05, 0.1) is 39.9 Å². The second-order valence-electron chi connectivity index (χ2n) is 24.5. The van der Waals surface area contributed by atoms with Crippen molar-refractivity contribution in [2.75, 3.05) is 40.9 Å². The molecule has 0 aromatic heterocycles. The molecular weight excluding hydrogens is 1070 g/mol. The summed E-state index contributed by atoms with van der Waals surface area (Å²) in [4.78, 5) is 23.4. The Morgan fingerprint density at radius 3 is 1.08 bits per heavy atom. The van der Waals surface area contributed by atoms with Gasteiger partial charge in [0.15, 0.2) is 0 Å². The van der Waals surface area contributed by atoms with Gasteiger partial charge in [0.1, 0.15) is 13.2 Å². The van der Waals surface area contributed by atoms with Crippen molar-refractivity contribution in [1.82, 2.24) is 5.32 Å². The van der Waals surface area contributed by atoms with Crippen molar-refractivity contribution < 1.29 is 32.9 Å². The van der Waals surface area contributed by atoms with Crippen molar-refractivity contribution in [2.24, 2.45) is 0 Å². The maximum Gasteiger partial charge on any atom is 0.472 e. The van der Waals surface area contributed by atoms with Gasteiger partial charge in [-0.2, -0.15) is 0 Å². The molecule has 0 bridgehead atoms. The van der Waals surface area contributed by atoms with Gasteiger partial charge in [-0.25, -0.2) is 4.57 Å². The third kappa shape index (κ3) is 68.0. The Morgan fingerprint density at radius 1 is 0.412 bits per heavy atom. The molecule has 0 fully saturated rings. The normalized spacial score (nSPS) is 14.5. The van der Waals surface area contributed by atoms with Crippen LogP contribution in [0.4, 0.5) is 0 Å². The number of likely N-dealkylation sites (N-methyl/N-ethyl adjacent to an activating group) is 1. The molecule has 3 N–H and O–H groups in total. The quantitative estimate of drug-likeness (QED) is 0.0243. The second-order valence-corrected chi connectivity index (χ2v) is 26.0. The molecule has 3 atom stereocenters. The summed E-state index contributed by atoms with van der Waals surface area (Å²) < 4.78 is 23.8. The average molecular weight is 1200 g/mol. The Morgan fingerprint density at radius 2 is 0.718 bits per heavy atom. The average Bonchev–Trinajstić information content (AvgIpc) is 3.48. The highest BCUT2D eigenvalue weighted by molar-refractivity contribution is 7.47. The van der Waals surface area contributed by atoms with E-state index in [-0.39, 0.29) is 19.1 Å². The summed E-state index contributed by atoms with van der Waals surface area (Å²) >= 11 is 0. The number of nitrogens with zero attached hydrogens (tertiary/aromatic N) is 1. The number of phosphoric acid groups is 1. The van der Waals surface area contributed by atoms with Gasteiger partial charge in [0.25, 0.3) is 0 Å². The first-order chi connectivity index (χ1) is 41.5. The number of hydrogen-bond acceptors (Lipinski definition) is 5. The van der Waals surface area contributed by atoms with Crippen LogP contribution in [0, 0.1) is 0 Å². The molecule has 0 heterocycles. The van der Waals surface area contributed by atoms with Crippen molar-refractivity contribution in [3.05, 3.63) is 134 Å². The molecule has 0 saturated heterocycles. The van der Waals surface area contributed by atoms with E-state index in [4.69, 9.17) is 9.05 Å². The van der Waals surface area contributed by atoms with E-state index in [1.54, 1.807) is 6.08 Å². The van der Waals surface area contributed by atoms with Gasteiger partial charge < -0.3 is 19.8 Å². The molecule has 0 rings (SSSR count). The Kier molecular flexibility index (Phi) is 62.5.